The molecule has 0 bridgehead atoms. The molecule has 1 aliphatic carbocycles. The standard InChI is InChI=1S/C23H23NO4/c1-28-18-14-8-7-13-17(18)20-19(21(25)15-9-3-2-4-10-15)22(26)23(27)24(20)16-11-5-6-12-16/h2-4,7-10,13-14,16,20,25H,5-6,11-12H2,1H3/b21-19-. The number of para-hydroxylation sites is 1. The van der Waals surface area contributed by atoms with Crippen molar-refractivity contribution in [3.05, 3.63) is 71.3 Å². The van der Waals surface area contributed by atoms with E-state index in [0.717, 1.165) is 25.7 Å². The summed E-state index contributed by atoms with van der Waals surface area (Å²) in [5.41, 5.74) is 1.37. The predicted molar refractivity (Wildman–Crippen MR) is 106 cm³/mol. The van der Waals surface area contributed by atoms with Gasteiger partial charge in [-0.1, -0.05) is 61.4 Å². The maximum absolute atomic E-state index is 13.0. The van der Waals surface area contributed by atoms with Gasteiger partial charge < -0.3 is 14.7 Å². The van der Waals surface area contributed by atoms with E-state index in [1.54, 1.807) is 36.3 Å². The first-order valence-corrected chi connectivity index (χ1v) is 9.62. The van der Waals surface area contributed by atoms with E-state index in [1.807, 2.05) is 30.3 Å². The van der Waals surface area contributed by atoms with Crippen molar-refractivity contribution in [2.24, 2.45) is 0 Å². The third kappa shape index (κ3) is 2.97. The molecular formula is C23H23NO4. The maximum Gasteiger partial charge on any atom is 0.295 e. The number of aliphatic hydroxyl groups is 1. The number of hydrogen-bond donors (Lipinski definition) is 1. The molecule has 0 spiro atoms. The van der Waals surface area contributed by atoms with Crippen LogP contribution in [-0.2, 0) is 9.59 Å². The second-order valence-electron chi connectivity index (χ2n) is 7.25. The van der Waals surface area contributed by atoms with Crippen LogP contribution in [0.15, 0.2) is 60.2 Å². The largest absolute Gasteiger partial charge is 0.507 e. The van der Waals surface area contributed by atoms with Crippen molar-refractivity contribution in [2.45, 2.75) is 37.8 Å². The van der Waals surface area contributed by atoms with Gasteiger partial charge in [0, 0.05) is 17.2 Å². The molecule has 4 rings (SSSR count). The van der Waals surface area contributed by atoms with Gasteiger partial charge in [-0.2, -0.15) is 0 Å². The maximum atomic E-state index is 13.0. The second-order valence-corrected chi connectivity index (χ2v) is 7.25. The van der Waals surface area contributed by atoms with E-state index in [4.69, 9.17) is 4.74 Å². The third-order valence-electron chi connectivity index (χ3n) is 5.68. The van der Waals surface area contributed by atoms with Crippen molar-refractivity contribution >= 4 is 17.4 Å². The van der Waals surface area contributed by atoms with E-state index in [2.05, 4.69) is 0 Å². The molecule has 1 heterocycles. The number of carbonyl (C=O) groups is 2. The highest BCUT2D eigenvalue weighted by Gasteiger charge is 2.49. The molecule has 1 aliphatic heterocycles. The minimum Gasteiger partial charge on any atom is -0.507 e. The number of benzene rings is 2. The number of rotatable bonds is 4. The quantitative estimate of drug-likeness (QED) is 0.496. The molecule has 1 amide bonds. The lowest BCUT2D eigenvalue weighted by Gasteiger charge is -2.31. The number of aliphatic hydroxyl groups excluding tert-OH is 1. The Hall–Kier alpha value is -3.08. The SMILES string of the molecule is COc1ccccc1C1/C(=C(/O)c2ccccc2)C(=O)C(=O)N1C1CCCC1. The van der Waals surface area contributed by atoms with Gasteiger partial charge in [0.05, 0.1) is 18.7 Å². The Kier molecular flexibility index (Phi) is 4.90. The molecule has 1 saturated heterocycles. The summed E-state index contributed by atoms with van der Waals surface area (Å²) >= 11 is 0. The fourth-order valence-electron chi connectivity index (χ4n) is 4.36. The van der Waals surface area contributed by atoms with Crippen LogP contribution in [-0.4, -0.2) is 34.8 Å². The molecule has 5 nitrogen and oxygen atoms in total. The molecule has 2 aromatic carbocycles. The molecule has 1 unspecified atom stereocenters. The fourth-order valence-corrected chi connectivity index (χ4v) is 4.36. The van der Waals surface area contributed by atoms with Gasteiger partial charge >= 0.3 is 0 Å². The number of methoxy groups -OCH3 is 1. The van der Waals surface area contributed by atoms with Crippen LogP contribution in [0.25, 0.3) is 5.76 Å². The number of ether oxygens (including phenoxy) is 1. The van der Waals surface area contributed by atoms with Gasteiger partial charge in [0.1, 0.15) is 11.5 Å². The molecule has 144 valence electrons. The molecule has 1 N–H and O–H groups in total. The Morgan fingerprint density at radius 1 is 1.00 bits per heavy atom. The predicted octanol–water partition coefficient (Wildman–Crippen LogP) is 4.06. The lowest BCUT2D eigenvalue weighted by molar-refractivity contribution is -0.141. The first kappa shape index (κ1) is 18.3. The van der Waals surface area contributed by atoms with E-state index in [9.17, 15) is 14.7 Å². The van der Waals surface area contributed by atoms with Crippen molar-refractivity contribution in [1.82, 2.24) is 4.90 Å². The molecule has 1 atom stereocenters. The Bertz CT molecular complexity index is 929. The molecule has 1 saturated carbocycles. The topological polar surface area (TPSA) is 66.8 Å². The van der Waals surface area contributed by atoms with Crippen LogP contribution in [0, 0.1) is 0 Å². The fraction of sp³-hybridized carbons (Fsp3) is 0.304. The van der Waals surface area contributed by atoms with Gasteiger partial charge in [0.15, 0.2) is 0 Å². The average molecular weight is 377 g/mol. The van der Waals surface area contributed by atoms with Crippen LogP contribution < -0.4 is 4.74 Å². The Labute approximate surface area is 164 Å². The van der Waals surface area contributed by atoms with Gasteiger partial charge in [-0.3, -0.25) is 9.59 Å². The molecule has 28 heavy (non-hydrogen) atoms. The van der Waals surface area contributed by atoms with Crippen LogP contribution in [0.3, 0.4) is 0 Å². The van der Waals surface area contributed by atoms with Gasteiger partial charge in [-0.25, -0.2) is 0 Å². The number of nitrogens with zero attached hydrogens (tertiary/aromatic N) is 1. The van der Waals surface area contributed by atoms with Crippen molar-refractivity contribution in [3.63, 3.8) is 0 Å². The summed E-state index contributed by atoms with van der Waals surface area (Å²) in [4.78, 5) is 27.7. The van der Waals surface area contributed by atoms with Crippen LogP contribution in [0.5, 0.6) is 5.75 Å². The summed E-state index contributed by atoms with van der Waals surface area (Å²) < 4.78 is 5.52. The first-order valence-electron chi connectivity index (χ1n) is 9.62. The number of ketones is 1. The van der Waals surface area contributed by atoms with E-state index in [0.29, 0.717) is 16.9 Å². The Balaban J connectivity index is 1.93. The minimum atomic E-state index is -0.653. The molecule has 0 radical (unpaired) electrons. The summed E-state index contributed by atoms with van der Waals surface area (Å²) in [5.74, 6) is -0.726. The van der Waals surface area contributed by atoms with Crippen molar-refractivity contribution < 1.29 is 19.4 Å². The Morgan fingerprint density at radius 3 is 2.32 bits per heavy atom. The number of likely N-dealkylation sites (tertiary alicyclic amines) is 1. The van der Waals surface area contributed by atoms with Crippen molar-refractivity contribution in [2.75, 3.05) is 7.11 Å². The summed E-state index contributed by atoms with van der Waals surface area (Å²) in [6, 6.07) is 15.6. The summed E-state index contributed by atoms with van der Waals surface area (Å²) in [7, 11) is 1.57. The lowest BCUT2D eigenvalue weighted by atomic mass is 9.94. The molecule has 5 heteroatoms. The van der Waals surface area contributed by atoms with Crippen molar-refractivity contribution in [1.29, 1.82) is 0 Å². The van der Waals surface area contributed by atoms with Crippen LogP contribution >= 0.6 is 0 Å². The van der Waals surface area contributed by atoms with Gasteiger partial charge in [0.25, 0.3) is 11.7 Å². The molecule has 2 fully saturated rings. The smallest absolute Gasteiger partial charge is 0.295 e. The number of Topliss-reactive ketones (excluding diaryl/α,β-unsaturated/α-hetero) is 1. The number of carbonyl (C=O) groups excluding carboxylic acids is 2. The Morgan fingerprint density at radius 2 is 1.64 bits per heavy atom. The molecule has 0 aromatic heterocycles. The van der Waals surface area contributed by atoms with Gasteiger partial charge in [-0.05, 0) is 18.9 Å². The molecule has 2 aliphatic rings. The summed E-state index contributed by atoms with van der Waals surface area (Å²) in [5, 5.41) is 11.0. The number of amides is 1. The van der Waals surface area contributed by atoms with Gasteiger partial charge in [0.2, 0.25) is 0 Å². The second kappa shape index (κ2) is 7.50. The summed E-state index contributed by atoms with van der Waals surface area (Å²) in [6.07, 6.45) is 3.80. The lowest BCUT2D eigenvalue weighted by Crippen LogP contribution is -2.37. The normalized spacial score (nSPS) is 22.0. The highest BCUT2D eigenvalue weighted by atomic mass is 16.5. The average Bonchev–Trinajstić information content (AvgIpc) is 3.35. The van der Waals surface area contributed by atoms with E-state index < -0.39 is 17.7 Å². The zero-order valence-corrected chi connectivity index (χ0v) is 15.8. The first-order chi connectivity index (χ1) is 13.6. The van der Waals surface area contributed by atoms with Gasteiger partial charge in [-0.15, -0.1) is 0 Å². The van der Waals surface area contributed by atoms with E-state index in [1.165, 1.54) is 0 Å². The van der Waals surface area contributed by atoms with E-state index >= 15 is 0 Å². The zero-order chi connectivity index (χ0) is 19.7. The zero-order valence-electron chi connectivity index (χ0n) is 15.8. The summed E-state index contributed by atoms with van der Waals surface area (Å²) in [6.45, 7) is 0. The highest BCUT2D eigenvalue weighted by molar-refractivity contribution is 6.46. The minimum absolute atomic E-state index is 0.00700. The number of hydrogen-bond acceptors (Lipinski definition) is 4. The van der Waals surface area contributed by atoms with Crippen LogP contribution in [0.2, 0.25) is 0 Å². The van der Waals surface area contributed by atoms with Crippen molar-refractivity contribution in [3.8, 4) is 5.75 Å². The van der Waals surface area contributed by atoms with E-state index in [-0.39, 0.29) is 17.4 Å². The molecule has 2 aromatic rings. The van der Waals surface area contributed by atoms with Crippen LogP contribution in [0.4, 0.5) is 0 Å². The third-order valence-corrected chi connectivity index (χ3v) is 5.68. The molecular weight excluding hydrogens is 354 g/mol. The highest BCUT2D eigenvalue weighted by Crippen LogP contribution is 2.45. The monoisotopic (exact) mass is 377 g/mol. The van der Waals surface area contributed by atoms with Crippen LogP contribution in [0.1, 0.15) is 42.9 Å².